The SMILES string of the molecule is CC[C@H](C)C(=O)N(C)OS(=O)(=O)O. The molecule has 0 aliphatic carbocycles. The second kappa shape index (κ2) is 4.54. The quantitative estimate of drug-likeness (QED) is 0.531. The largest absolute Gasteiger partial charge is 0.418 e. The van der Waals surface area contributed by atoms with Gasteiger partial charge in [0.15, 0.2) is 0 Å². The number of hydrogen-bond acceptors (Lipinski definition) is 4. The Balaban J connectivity index is 4.28. The lowest BCUT2D eigenvalue weighted by atomic mass is 10.1. The Bertz CT molecular complexity index is 273. The molecule has 0 unspecified atom stereocenters. The van der Waals surface area contributed by atoms with Gasteiger partial charge in [0, 0.05) is 13.0 Å². The maximum atomic E-state index is 11.2. The third-order valence-corrected chi connectivity index (χ3v) is 1.96. The zero-order valence-corrected chi connectivity index (χ0v) is 8.54. The van der Waals surface area contributed by atoms with Crippen LogP contribution in [0.2, 0.25) is 0 Å². The van der Waals surface area contributed by atoms with Gasteiger partial charge in [0.05, 0.1) is 0 Å². The minimum Gasteiger partial charge on any atom is -0.272 e. The van der Waals surface area contributed by atoms with Crippen molar-refractivity contribution in [2.45, 2.75) is 20.3 Å². The molecule has 0 aromatic rings. The first kappa shape index (κ1) is 12.3. The molecule has 0 aromatic heterocycles. The molecule has 0 radical (unpaired) electrons. The van der Waals surface area contributed by atoms with Gasteiger partial charge < -0.3 is 0 Å². The average molecular weight is 211 g/mol. The van der Waals surface area contributed by atoms with Crippen LogP contribution in [0.4, 0.5) is 0 Å². The Morgan fingerprint density at radius 1 is 1.62 bits per heavy atom. The highest BCUT2D eigenvalue weighted by atomic mass is 32.3. The van der Waals surface area contributed by atoms with Crippen molar-refractivity contribution in [2.24, 2.45) is 5.92 Å². The monoisotopic (exact) mass is 211 g/mol. The molecule has 1 atom stereocenters. The number of hydrogen-bond donors (Lipinski definition) is 1. The van der Waals surface area contributed by atoms with Crippen LogP contribution in [-0.2, 0) is 19.5 Å². The van der Waals surface area contributed by atoms with Gasteiger partial charge in [-0.3, -0.25) is 9.35 Å². The summed E-state index contributed by atoms with van der Waals surface area (Å²) in [5.41, 5.74) is 0. The first-order valence-electron chi connectivity index (χ1n) is 3.72. The molecule has 78 valence electrons. The molecule has 1 N–H and O–H groups in total. The molecule has 0 saturated carbocycles. The lowest BCUT2D eigenvalue weighted by molar-refractivity contribution is -0.157. The summed E-state index contributed by atoms with van der Waals surface area (Å²) < 4.78 is 32.6. The number of amides is 1. The molecule has 1 amide bonds. The maximum absolute atomic E-state index is 11.2. The molecule has 0 aliphatic heterocycles. The summed E-state index contributed by atoms with van der Waals surface area (Å²) in [6.45, 7) is 3.41. The van der Waals surface area contributed by atoms with Crippen LogP contribution >= 0.6 is 0 Å². The molecule has 0 fully saturated rings. The topological polar surface area (TPSA) is 83.9 Å². The standard InChI is InChI=1S/C6H13NO5S/c1-4-5(2)6(8)7(3)12-13(9,10)11/h5H,4H2,1-3H3,(H,9,10,11)/t5-/m0/s1. The van der Waals surface area contributed by atoms with Gasteiger partial charge in [-0.15, -0.1) is 4.28 Å². The van der Waals surface area contributed by atoms with Gasteiger partial charge in [0.25, 0.3) is 0 Å². The smallest absolute Gasteiger partial charge is 0.272 e. The van der Waals surface area contributed by atoms with E-state index in [0.29, 0.717) is 11.5 Å². The van der Waals surface area contributed by atoms with Crippen molar-refractivity contribution in [2.75, 3.05) is 7.05 Å². The lowest BCUT2D eigenvalue weighted by Crippen LogP contribution is -2.33. The van der Waals surface area contributed by atoms with Gasteiger partial charge in [-0.25, -0.2) is 5.06 Å². The molecule has 0 rings (SSSR count). The van der Waals surface area contributed by atoms with E-state index >= 15 is 0 Å². The van der Waals surface area contributed by atoms with Crippen molar-refractivity contribution >= 4 is 16.3 Å². The van der Waals surface area contributed by atoms with E-state index in [1.807, 2.05) is 0 Å². The van der Waals surface area contributed by atoms with E-state index in [2.05, 4.69) is 4.28 Å². The summed E-state index contributed by atoms with van der Waals surface area (Å²) in [6, 6.07) is 0. The normalized spacial score (nSPS) is 13.8. The van der Waals surface area contributed by atoms with E-state index in [1.165, 1.54) is 0 Å². The minimum absolute atomic E-state index is 0.341. The Hall–Kier alpha value is -0.660. The number of carbonyl (C=O) groups excluding carboxylic acids is 1. The van der Waals surface area contributed by atoms with Gasteiger partial charge in [0.1, 0.15) is 0 Å². The van der Waals surface area contributed by atoms with Crippen molar-refractivity contribution in [3.05, 3.63) is 0 Å². The fourth-order valence-corrected chi connectivity index (χ4v) is 1.02. The van der Waals surface area contributed by atoms with Gasteiger partial charge in [-0.2, -0.15) is 8.42 Å². The van der Waals surface area contributed by atoms with Gasteiger partial charge in [0.2, 0.25) is 5.91 Å². The minimum atomic E-state index is -4.61. The summed E-state index contributed by atoms with van der Waals surface area (Å²) in [4.78, 5) is 11.2. The van der Waals surface area contributed by atoms with Crippen LogP contribution in [0.3, 0.4) is 0 Å². The highest BCUT2D eigenvalue weighted by Gasteiger charge is 2.20. The molecular weight excluding hydrogens is 198 g/mol. The molecule has 7 heteroatoms. The van der Waals surface area contributed by atoms with E-state index in [-0.39, 0.29) is 5.92 Å². The maximum Gasteiger partial charge on any atom is 0.418 e. The molecular formula is C6H13NO5S. The number of hydroxylamine groups is 2. The zero-order chi connectivity index (χ0) is 10.6. The number of nitrogens with zero attached hydrogens (tertiary/aromatic N) is 1. The Morgan fingerprint density at radius 2 is 2.08 bits per heavy atom. The van der Waals surface area contributed by atoms with Crippen LogP contribution in [0.25, 0.3) is 0 Å². The molecule has 0 aliphatic rings. The van der Waals surface area contributed by atoms with Crippen LogP contribution in [0, 0.1) is 5.92 Å². The summed E-state index contributed by atoms with van der Waals surface area (Å²) in [6.07, 6.45) is 0.567. The van der Waals surface area contributed by atoms with Gasteiger partial charge in [-0.1, -0.05) is 13.8 Å². The van der Waals surface area contributed by atoms with E-state index in [1.54, 1.807) is 13.8 Å². The van der Waals surface area contributed by atoms with Crippen LogP contribution in [0.15, 0.2) is 0 Å². The summed E-state index contributed by atoms with van der Waals surface area (Å²) in [7, 11) is -3.48. The van der Waals surface area contributed by atoms with Crippen molar-refractivity contribution in [1.29, 1.82) is 0 Å². The van der Waals surface area contributed by atoms with Gasteiger partial charge in [-0.05, 0) is 6.42 Å². The second-order valence-corrected chi connectivity index (χ2v) is 3.65. The predicted molar refractivity (Wildman–Crippen MR) is 44.9 cm³/mol. The third-order valence-electron chi connectivity index (χ3n) is 1.55. The molecule has 6 nitrogen and oxygen atoms in total. The zero-order valence-electron chi connectivity index (χ0n) is 7.72. The summed E-state index contributed by atoms with van der Waals surface area (Å²) in [5, 5.41) is 0.503. The average Bonchev–Trinajstić information content (AvgIpc) is 1.98. The highest BCUT2D eigenvalue weighted by Crippen LogP contribution is 2.06. The summed E-state index contributed by atoms with van der Waals surface area (Å²) >= 11 is 0. The Kier molecular flexibility index (Phi) is 4.31. The lowest BCUT2D eigenvalue weighted by Gasteiger charge is -2.16. The van der Waals surface area contributed by atoms with Crippen molar-refractivity contribution in [1.82, 2.24) is 5.06 Å². The number of rotatable bonds is 4. The molecule has 0 aromatic carbocycles. The van der Waals surface area contributed by atoms with Crippen LogP contribution in [0.5, 0.6) is 0 Å². The second-order valence-electron chi connectivity index (χ2n) is 2.65. The van der Waals surface area contributed by atoms with E-state index in [9.17, 15) is 13.2 Å². The molecule has 0 spiro atoms. The summed E-state index contributed by atoms with van der Waals surface area (Å²) in [5.74, 6) is -0.841. The fraction of sp³-hybridized carbons (Fsp3) is 0.833. The molecule has 13 heavy (non-hydrogen) atoms. The van der Waals surface area contributed by atoms with Crippen molar-refractivity contribution in [3.63, 3.8) is 0 Å². The van der Waals surface area contributed by atoms with Crippen LogP contribution < -0.4 is 0 Å². The van der Waals surface area contributed by atoms with Gasteiger partial charge >= 0.3 is 10.4 Å². The molecule has 0 bridgehead atoms. The molecule has 0 saturated heterocycles. The Labute approximate surface area is 77.4 Å². The Morgan fingerprint density at radius 3 is 2.38 bits per heavy atom. The number of carbonyl (C=O) groups is 1. The highest BCUT2D eigenvalue weighted by molar-refractivity contribution is 7.80. The van der Waals surface area contributed by atoms with Crippen molar-refractivity contribution < 1.29 is 22.0 Å². The van der Waals surface area contributed by atoms with Crippen molar-refractivity contribution in [3.8, 4) is 0 Å². The first-order chi connectivity index (χ1) is 5.78. The fourth-order valence-electron chi connectivity index (χ4n) is 0.663. The van der Waals surface area contributed by atoms with Crippen LogP contribution in [-0.4, -0.2) is 31.0 Å². The van der Waals surface area contributed by atoms with E-state index in [0.717, 1.165) is 7.05 Å². The van der Waals surface area contributed by atoms with Crippen LogP contribution in [0.1, 0.15) is 20.3 Å². The predicted octanol–water partition coefficient (Wildman–Crippen LogP) is 0.225. The molecule has 0 heterocycles. The van der Waals surface area contributed by atoms with E-state index in [4.69, 9.17) is 4.55 Å². The first-order valence-corrected chi connectivity index (χ1v) is 5.09. The van der Waals surface area contributed by atoms with E-state index < -0.39 is 16.3 Å². The third kappa shape index (κ3) is 4.81.